The van der Waals surface area contributed by atoms with Gasteiger partial charge in [0.15, 0.2) is 0 Å². The van der Waals surface area contributed by atoms with Crippen molar-refractivity contribution in [2.45, 2.75) is 52.0 Å². The molecular weight excluding hydrogens is 436 g/mol. The maximum Gasteiger partial charge on any atom is 0.229 e. The SMILES string of the molecule is CCC(CCN(C)Cc1oc2ccccc2c1C)c1cnc2c(c1)CC(CCN)C(=O)N2.Cl. The van der Waals surface area contributed by atoms with Gasteiger partial charge in [-0.3, -0.25) is 9.69 Å². The Hall–Kier alpha value is -2.41. The summed E-state index contributed by atoms with van der Waals surface area (Å²) in [5, 5.41) is 4.15. The lowest BCUT2D eigenvalue weighted by atomic mass is 9.88. The Morgan fingerprint density at radius 3 is 2.85 bits per heavy atom. The molecule has 3 N–H and O–H groups in total. The van der Waals surface area contributed by atoms with Gasteiger partial charge in [0.25, 0.3) is 0 Å². The third-order valence-corrected chi connectivity index (χ3v) is 6.76. The van der Waals surface area contributed by atoms with Crippen molar-refractivity contribution in [2.75, 3.05) is 25.5 Å². The Balaban J connectivity index is 0.00000306. The lowest BCUT2D eigenvalue weighted by Gasteiger charge is -2.26. The number of aryl methyl sites for hydroxylation is 1. The normalized spacial score (nSPS) is 16.4. The van der Waals surface area contributed by atoms with E-state index in [1.165, 1.54) is 16.5 Å². The van der Waals surface area contributed by atoms with Crippen molar-refractivity contribution in [1.29, 1.82) is 0 Å². The maximum absolute atomic E-state index is 12.2. The lowest BCUT2D eigenvalue weighted by Crippen LogP contribution is -2.32. The third-order valence-electron chi connectivity index (χ3n) is 6.76. The molecule has 0 saturated carbocycles. The summed E-state index contributed by atoms with van der Waals surface area (Å²) in [7, 11) is 2.15. The molecule has 1 aromatic carbocycles. The van der Waals surface area contributed by atoms with E-state index in [1.54, 1.807) is 0 Å². The van der Waals surface area contributed by atoms with Crippen molar-refractivity contribution in [2.24, 2.45) is 11.7 Å². The molecule has 3 heterocycles. The predicted molar refractivity (Wildman–Crippen MR) is 136 cm³/mol. The van der Waals surface area contributed by atoms with Crippen LogP contribution in [0.25, 0.3) is 11.0 Å². The first-order valence-corrected chi connectivity index (χ1v) is 11.7. The van der Waals surface area contributed by atoms with Crippen molar-refractivity contribution in [3.8, 4) is 0 Å². The first-order valence-electron chi connectivity index (χ1n) is 11.7. The van der Waals surface area contributed by atoms with E-state index < -0.39 is 0 Å². The number of hydrogen-bond donors (Lipinski definition) is 2. The van der Waals surface area contributed by atoms with E-state index >= 15 is 0 Å². The molecule has 2 unspecified atom stereocenters. The third kappa shape index (κ3) is 5.57. The molecule has 0 fully saturated rings. The molecule has 1 aliphatic heterocycles. The number of para-hydroxylation sites is 1. The van der Waals surface area contributed by atoms with Crippen molar-refractivity contribution >= 4 is 35.1 Å². The van der Waals surface area contributed by atoms with Crippen LogP contribution in [0.1, 0.15) is 54.6 Å². The van der Waals surface area contributed by atoms with Gasteiger partial charge in [0, 0.05) is 17.5 Å². The number of rotatable bonds is 9. The summed E-state index contributed by atoms with van der Waals surface area (Å²) in [4.78, 5) is 19.1. The molecule has 0 bridgehead atoms. The molecule has 1 amide bonds. The van der Waals surface area contributed by atoms with Crippen molar-refractivity contribution in [3.05, 3.63) is 59.0 Å². The summed E-state index contributed by atoms with van der Waals surface area (Å²) >= 11 is 0. The molecule has 3 aromatic rings. The van der Waals surface area contributed by atoms with E-state index in [2.05, 4.69) is 54.3 Å². The van der Waals surface area contributed by atoms with Gasteiger partial charge < -0.3 is 15.5 Å². The zero-order chi connectivity index (χ0) is 22.7. The molecule has 178 valence electrons. The number of fused-ring (bicyclic) bond motifs is 2. The average Bonchev–Trinajstić information content (AvgIpc) is 3.10. The number of halogens is 1. The number of furan rings is 1. The second-order valence-corrected chi connectivity index (χ2v) is 9.02. The van der Waals surface area contributed by atoms with Crippen LogP contribution in [0.4, 0.5) is 5.82 Å². The molecule has 0 radical (unpaired) electrons. The van der Waals surface area contributed by atoms with Gasteiger partial charge in [-0.2, -0.15) is 0 Å². The Morgan fingerprint density at radius 2 is 2.12 bits per heavy atom. The number of hydrogen-bond acceptors (Lipinski definition) is 5. The zero-order valence-electron chi connectivity index (χ0n) is 19.8. The summed E-state index contributed by atoms with van der Waals surface area (Å²) in [6.45, 7) is 6.66. The monoisotopic (exact) mass is 470 g/mol. The molecule has 0 aliphatic carbocycles. The van der Waals surface area contributed by atoms with E-state index in [1.807, 2.05) is 18.3 Å². The van der Waals surface area contributed by atoms with Gasteiger partial charge >= 0.3 is 0 Å². The molecule has 4 rings (SSSR count). The topological polar surface area (TPSA) is 84.4 Å². The quantitative estimate of drug-likeness (QED) is 0.458. The number of carbonyl (C=O) groups excluding carboxylic acids is 1. The van der Waals surface area contributed by atoms with Gasteiger partial charge in [-0.25, -0.2) is 4.98 Å². The minimum atomic E-state index is -0.0530. The molecule has 0 saturated heterocycles. The first-order chi connectivity index (χ1) is 15.5. The van der Waals surface area contributed by atoms with E-state index in [9.17, 15) is 4.79 Å². The predicted octanol–water partition coefficient (Wildman–Crippen LogP) is 5.03. The van der Waals surface area contributed by atoms with Crippen LogP contribution in [-0.4, -0.2) is 35.9 Å². The number of nitrogens with two attached hydrogens (primary N) is 1. The van der Waals surface area contributed by atoms with Gasteiger partial charge in [0.2, 0.25) is 5.91 Å². The van der Waals surface area contributed by atoms with Crippen molar-refractivity contribution < 1.29 is 9.21 Å². The zero-order valence-corrected chi connectivity index (χ0v) is 20.6. The number of benzene rings is 1. The Bertz CT molecular complexity index is 1100. The molecule has 2 aromatic heterocycles. The van der Waals surface area contributed by atoms with Crippen molar-refractivity contribution in [1.82, 2.24) is 9.88 Å². The van der Waals surface area contributed by atoms with E-state index in [-0.39, 0.29) is 24.2 Å². The van der Waals surface area contributed by atoms with Crippen LogP contribution >= 0.6 is 12.4 Å². The number of pyridine rings is 1. The fourth-order valence-corrected chi connectivity index (χ4v) is 4.71. The number of anilines is 1. The number of nitrogens with zero attached hydrogens (tertiary/aromatic N) is 2. The summed E-state index contributed by atoms with van der Waals surface area (Å²) < 4.78 is 6.09. The van der Waals surface area contributed by atoms with Crippen LogP contribution in [0, 0.1) is 12.8 Å². The van der Waals surface area contributed by atoms with Gasteiger partial charge in [-0.05, 0) is 81.4 Å². The number of amides is 1. The maximum atomic E-state index is 12.2. The van der Waals surface area contributed by atoms with Crippen LogP contribution < -0.4 is 11.1 Å². The fourth-order valence-electron chi connectivity index (χ4n) is 4.71. The highest BCUT2D eigenvalue weighted by Gasteiger charge is 2.27. The second kappa shape index (κ2) is 11.1. The summed E-state index contributed by atoms with van der Waals surface area (Å²) in [6, 6.07) is 10.5. The molecule has 2 atom stereocenters. The van der Waals surface area contributed by atoms with Crippen molar-refractivity contribution in [3.63, 3.8) is 0 Å². The number of carbonyl (C=O) groups is 1. The smallest absolute Gasteiger partial charge is 0.229 e. The van der Waals surface area contributed by atoms with Gasteiger partial charge in [-0.15, -0.1) is 12.4 Å². The largest absolute Gasteiger partial charge is 0.459 e. The molecule has 1 aliphatic rings. The van der Waals surface area contributed by atoms with Crippen LogP contribution in [0.5, 0.6) is 0 Å². The van der Waals surface area contributed by atoms with E-state index in [0.717, 1.165) is 49.3 Å². The van der Waals surface area contributed by atoms with E-state index in [0.29, 0.717) is 24.7 Å². The van der Waals surface area contributed by atoms with Crippen LogP contribution in [0.2, 0.25) is 0 Å². The summed E-state index contributed by atoms with van der Waals surface area (Å²) in [6.07, 6.45) is 5.46. The second-order valence-electron chi connectivity index (χ2n) is 9.02. The minimum absolute atomic E-state index is 0. The van der Waals surface area contributed by atoms with Gasteiger partial charge in [0.05, 0.1) is 6.54 Å². The Labute approximate surface area is 202 Å². The average molecular weight is 471 g/mol. The Kier molecular flexibility index (Phi) is 8.51. The lowest BCUT2D eigenvalue weighted by molar-refractivity contribution is -0.120. The standard InChI is InChI=1S/C26H34N4O2.ClH/c1-4-18(21-14-20-13-19(9-11-27)26(31)29-25(20)28-15-21)10-12-30(3)16-24-17(2)22-7-5-6-8-23(22)32-24;/h5-8,14-15,18-19H,4,9-13,16,27H2,1-3H3,(H,28,29,31);1H. The Morgan fingerprint density at radius 1 is 1.33 bits per heavy atom. The first kappa shape index (κ1) is 25.2. The van der Waals surface area contributed by atoms with Crippen LogP contribution in [0.3, 0.4) is 0 Å². The van der Waals surface area contributed by atoms with Gasteiger partial charge in [-0.1, -0.05) is 31.2 Å². The van der Waals surface area contributed by atoms with Crippen LogP contribution in [-0.2, 0) is 17.8 Å². The fraction of sp³-hybridized carbons (Fsp3) is 0.462. The highest BCUT2D eigenvalue weighted by atomic mass is 35.5. The molecule has 6 nitrogen and oxygen atoms in total. The summed E-state index contributed by atoms with van der Waals surface area (Å²) in [5.74, 6) is 2.16. The summed E-state index contributed by atoms with van der Waals surface area (Å²) in [5.41, 5.74) is 10.3. The molecule has 33 heavy (non-hydrogen) atoms. The molecule has 0 spiro atoms. The molecule has 7 heteroatoms. The van der Waals surface area contributed by atoms with Gasteiger partial charge in [0.1, 0.15) is 17.2 Å². The minimum Gasteiger partial charge on any atom is -0.459 e. The highest BCUT2D eigenvalue weighted by molar-refractivity contribution is 5.94. The highest BCUT2D eigenvalue weighted by Crippen LogP contribution is 2.31. The van der Waals surface area contributed by atoms with Crippen LogP contribution in [0.15, 0.2) is 40.9 Å². The number of nitrogens with one attached hydrogen (secondary N) is 1. The number of aromatic nitrogens is 1. The molecular formula is C26H35ClN4O2. The van der Waals surface area contributed by atoms with E-state index in [4.69, 9.17) is 10.2 Å².